The lowest BCUT2D eigenvalue weighted by Gasteiger charge is -2.34. The maximum absolute atomic E-state index is 13.7. The Balaban J connectivity index is 1.45. The molecule has 1 saturated carbocycles. The fraction of sp³-hybridized carbons (Fsp3) is 0.214. The Kier molecular flexibility index (Phi) is 5.11. The van der Waals surface area contributed by atoms with Gasteiger partial charge in [0.1, 0.15) is 0 Å². The van der Waals surface area contributed by atoms with Crippen LogP contribution in [0.1, 0.15) is 40.8 Å². The Morgan fingerprint density at radius 2 is 1.63 bits per heavy atom. The van der Waals surface area contributed by atoms with E-state index < -0.39 is 15.4 Å². The van der Waals surface area contributed by atoms with E-state index in [1.54, 1.807) is 12.1 Å². The summed E-state index contributed by atoms with van der Waals surface area (Å²) in [5.74, 6) is 0.482. The molecule has 0 amide bonds. The Labute approximate surface area is 205 Å². The normalized spacial score (nSPS) is 19.3. The lowest BCUT2D eigenvalue weighted by Crippen LogP contribution is -2.34. The number of benzene rings is 2. The summed E-state index contributed by atoms with van der Waals surface area (Å²) in [7, 11) is -3.74. The molecule has 2 aromatic carbocycles. The van der Waals surface area contributed by atoms with Crippen molar-refractivity contribution in [3.05, 3.63) is 113 Å². The van der Waals surface area contributed by atoms with E-state index in [0.717, 1.165) is 40.8 Å². The summed E-state index contributed by atoms with van der Waals surface area (Å²) in [6, 6.07) is 21.4. The quantitative estimate of drug-likeness (QED) is 0.418. The van der Waals surface area contributed by atoms with Crippen molar-refractivity contribution < 1.29 is 8.42 Å². The summed E-state index contributed by atoms with van der Waals surface area (Å²) in [6.07, 6.45) is 10.1. The molecule has 4 aromatic rings. The second-order valence-electron chi connectivity index (χ2n) is 9.37. The Bertz CT molecular complexity index is 1450. The standard InChI is InChI=1S/C28H26N4O2S/c1-20-7-11-24(12-8-20)35(33,34)32(23-9-10-23)27-25-13-16-28(19-26(25)30-31-27,21-5-3-2-4-6-21)22-14-17-29-18-15-22/h2-8,11-18,23H,9-10,19H2,1H3,(H,30,31). The van der Waals surface area contributed by atoms with E-state index in [0.29, 0.717) is 17.1 Å². The molecular formula is C28H26N4O2S. The molecule has 0 aliphatic heterocycles. The molecule has 0 radical (unpaired) electrons. The summed E-state index contributed by atoms with van der Waals surface area (Å²) >= 11 is 0. The number of pyridine rings is 1. The minimum atomic E-state index is -3.74. The van der Waals surface area contributed by atoms with Crippen LogP contribution in [0.4, 0.5) is 5.82 Å². The first kappa shape index (κ1) is 21.8. The molecule has 0 spiro atoms. The summed E-state index contributed by atoms with van der Waals surface area (Å²) in [4.78, 5) is 4.50. The molecule has 35 heavy (non-hydrogen) atoms. The molecule has 0 bridgehead atoms. The van der Waals surface area contributed by atoms with Gasteiger partial charge < -0.3 is 0 Å². The van der Waals surface area contributed by atoms with E-state index in [2.05, 4.69) is 33.4 Å². The van der Waals surface area contributed by atoms with Crippen LogP contribution in [-0.4, -0.2) is 29.6 Å². The number of hydrogen-bond acceptors (Lipinski definition) is 4. The van der Waals surface area contributed by atoms with Gasteiger partial charge in [-0.1, -0.05) is 60.2 Å². The molecule has 2 heterocycles. The van der Waals surface area contributed by atoms with Crippen LogP contribution in [0.25, 0.3) is 6.08 Å². The van der Waals surface area contributed by atoms with Gasteiger partial charge in [-0.05, 0) is 55.2 Å². The van der Waals surface area contributed by atoms with E-state index in [1.165, 1.54) is 4.31 Å². The van der Waals surface area contributed by atoms with E-state index in [4.69, 9.17) is 0 Å². The molecule has 1 atom stereocenters. The SMILES string of the molecule is Cc1ccc(S(=O)(=O)N(c2n[nH]c3c2C=CC(c2ccccc2)(c2ccncc2)C3)C2CC2)cc1. The van der Waals surface area contributed by atoms with Gasteiger partial charge in [-0.15, -0.1) is 0 Å². The fourth-order valence-electron chi connectivity index (χ4n) is 4.98. The number of nitrogens with zero attached hydrogens (tertiary/aromatic N) is 3. The van der Waals surface area contributed by atoms with Crippen LogP contribution in [0.3, 0.4) is 0 Å². The number of hydrogen-bond donors (Lipinski definition) is 1. The van der Waals surface area contributed by atoms with Gasteiger partial charge in [0, 0.05) is 41.5 Å². The number of aryl methyl sites for hydroxylation is 1. The number of sulfonamides is 1. The topological polar surface area (TPSA) is 79.0 Å². The molecule has 6 rings (SSSR count). The van der Waals surface area contributed by atoms with Crippen LogP contribution in [-0.2, 0) is 21.9 Å². The lowest BCUT2D eigenvalue weighted by molar-refractivity contribution is 0.589. The zero-order chi connectivity index (χ0) is 24.0. The average Bonchev–Trinajstić information content (AvgIpc) is 3.64. The van der Waals surface area contributed by atoms with E-state index in [-0.39, 0.29) is 6.04 Å². The highest BCUT2D eigenvalue weighted by molar-refractivity contribution is 7.92. The zero-order valence-electron chi connectivity index (χ0n) is 19.4. The molecule has 2 aliphatic rings. The maximum Gasteiger partial charge on any atom is 0.265 e. The Morgan fingerprint density at radius 3 is 2.31 bits per heavy atom. The molecule has 2 aromatic heterocycles. The van der Waals surface area contributed by atoms with Crippen molar-refractivity contribution in [2.45, 2.75) is 42.5 Å². The third-order valence-corrected chi connectivity index (χ3v) is 8.86. The fourth-order valence-corrected chi connectivity index (χ4v) is 6.66. The van der Waals surface area contributed by atoms with Gasteiger partial charge in [0.2, 0.25) is 0 Å². The second-order valence-corrected chi connectivity index (χ2v) is 11.2. The summed E-state index contributed by atoms with van der Waals surface area (Å²) in [5, 5.41) is 7.77. The number of nitrogens with one attached hydrogen (secondary N) is 1. The van der Waals surface area contributed by atoms with Crippen molar-refractivity contribution in [1.82, 2.24) is 15.2 Å². The first-order chi connectivity index (χ1) is 17.0. The third-order valence-electron chi connectivity index (χ3n) is 7.00. The number of allylic oxidation sites excluding steroid dienone is 1. The van der Waals surface area contributed by atoms with Gasteiger partial charge in [0.05, 0.1) is 4.90 Å². The summed E-state index contributed by atoms with van der Waals surface area (Å²) < 4.78 is 29.0. The maximum atomic E-state index is 13.7. The summed E-state index contributed by atoms with van der Waals surface area (Å²) in [5.41, 5.74) is 4.68. The molecule has 1 N–H and O–H groups in total. The second kappa shape index (κ2) is 8.20. The van der Waals surface area contributed by atoms with Crippen molar-refractivity contribution in [3.8, 4) is 0 Å². The first-order valence-electron chi connectivity index (χ1n) is 11.8. The Morgan fingerprint density at radius 1 is 0.943 bits per heavy atom. The van der Waals surface area contributed by atoms with Crippen LogP contribution in [0.5, 0.6) is 0 Å². The molecule has 1 fully saturated rings. The van der Waals surface area contributed by atoms with Crippen LogP contribution in [0.15, 0.2) is 90.1 Å². The van der Waals surface area contributed by atoms with Crippen LogP contribution in [0.2, 0.25) is 0 Å². The smallest absolute Gasteiger partial charge is 0.265 e. The molecule has 0 saturated heterocycles. The van der Waals surface area contributed by atoms with Gasteiger partial charge in [0.15, 0.2) is 5.82 Å². The number of anilines is 1. The van der Waals surface area contributed by atoms with Crippen molar-refractivity contribution in [3.63, 3.8) is 0 Å². The lowest BCUT2D eigenvalue weighted by atomic mass is 9.69. The van der Waals surface area contributed by atoms with Crippen LogP contribution >= 0.6 is 0 Å². The van der Waals surface area contributed by atoms with Crippen molar-refractivity contribution in [1.29, 1.82) is 0 Å². The van der Waals surface area contributed by atoms with E-state index in [1.807, 2.05) is 67.9 Å². The van der Waals surface area contributed by atoms with Crippen molar-refractivity contribution in [2.24, 2.45) is 0 Å². The number of aromatic nitrogens is 3. The van der Waals surface area contributed by atoms with Gasteiger partial charge in [-0.25, -0.2) is 12.7 Å². The molecule has 6 nitrogen and oxygen atoms in total. The van der Waals surface area contributed by atoms with Gasteiger partial charge in [-0.3, -0.25) is 10.1 Å². The highest BCUT2D eigenvalue weighted by Crippen LogP contribution is 2.45. The largest absolute Gasteiger partial charge is 0.280 e. The van der Waals surface area contributed by atoms with Gasteiger partial charge in [-0.2, -0.15) is 5.10 Å². The van der Waals surface area contributed by atoms with Crippen LogP contribution < -0.4 is 4.31 Å². The van der Waals surface area contributed by atoms with Crippen molar-refractivity contribution in [2.75, 3.05) is 4.31 Å². The molecule has 1 unspecified atom stereocenters. The van der Waals surface area contributed by atoms with Crippen LogP contribution in [0, 0.1) is 6.92 Å². The Hall–Kier alpha value is -3.71. The summed E-state index contributed by atoms with van der Waals surface area (Å²) in [6.45, 7) is 1.95. The van der Waals surface area contributed by atoms with Crippen molar-refractivity contribution >= 4 is 21.9 Å². The van der Waals surface area contributed by atoms with Gasteiger partial charge in [0.25, 0.3) is 10.0 Å². The highest BCUT2D eigenvalue weighted by atomic mass is 32.2. The number of H-pyrrole nitrogens is 1. The molecule has 176 valence electrons. The van der Waals surface area contributed by atoms with E-state index in [9.17, 15) is 8.42 Å². The van der Waals surface area contributed by atoms with Gasteiger partial charge >= 0.3 is 0 Å². The minimum Gasteiger partial charge on any atom is -0.280 e. The predicted molar refractivity (Wildman–Crippen MR) is 137 cm³/mol. The molecule has 2 aliphatic carbocycles. The monoisotopic (exact) mass is 482 g/mol. The molecular weight excluding hydrogens is 456 g/mol. The number of aromatic amines is 1. The zero-order valence-corrected chi connectivity index (χ0v) is 20.2. The minimum absolute atomic E-state index is 0.0666. The number of rotatable bonds is 6. The van der Waals surface area contributed by atoms with E-state index >= 15 is 0 Å². The predicted octanol–water partition coefficient (Wildman–Crippen LogP) is 5.03. The highest BCUT2D eigenvalue weighted by Gasteiger charge is 2.43. The molecule has 7 heteroatoms. The number of fused-ring (bicyclic) bond motifs is 1. The first-order valence-corrected chi connectivity index (χ1v) is 13.3. The third kappa shape index (κ3) is 3.67. The average molecular weight is 483 g/mol.